The summed E-state index contributed by atoms with van der Waals surface area (Å²) in [4.78, 5) is 17.7. The van der Waals surface area contributed by atoms with Crippen molar-refractivity contribution in [3.8, 4) is 0 Å². The summed E-state index contributed by atoms with van der Waals surface area (Å²) in [5.74, 6) is 0.611. The molecule has 0 saturated carbocycles. The number of aromatic nitrogens is 4. The third-order valence-corrected chi connectivity index (χ3v) is 5.17. The molecule has 0 unspecified atom stereocenters. The van der Waals surface area contributed by atoms with E-state index in [2.05, 4.69) is 49.3 Å². The highest BCUT2D eigenvalue weighted by Crippen LogP contribution is 2.36. The van der Waals surface area contributed by atoms with Crippen molar-refractivity contribution >= 4 is 5.65 Å². The molecule has 3 aromatic rings. The summed E-state index contributed by atoms with van der Waals surface area (Å²) < 4.78 is 2.11. The van der Waals surface area contributed by atoms with Crippen LogP contribution in [-0.2, 0) is 6.54 Å². The van der Waals surface area contributed by atoms with Gasteiger partial charge in [-0.15, -0.1) is 0 Å². The second-order valence-electron chi connectivity index (χ2n) is 7.01. The van der Waals surface area contributed by atoms with Gasteiger partial charge >= 0.3 is 0 Å². The van der Waals surface area contributed by atoms with Crippen LogP contribution in [0.15, 0.2) is 49.3 Å². The molecule has 0 aromatic carbocycles. The Labute approximate surface area is 148 Å². The van der Waals surface area contributed by atoms with E-state index in [4.69, 9.17) is 0 Å². The zero-order chi connectivity index (χ0) is 17.2. The van der Waals surface area contributed by atoms with E-state index in [1.807, 2.05) is 37.1 Å². The number of hydrogen-bond acceptors (Lipinski definition) is 5. The number of imidazole rings is 1. The van der Waals surface area contributed by atoms with Gasteiger partial charge in [-0.1, -0.05) is 6.07 Å². The van der Waals surface area contributed by atoms with Crippen LogP contribution in [0.1, 0.15) is 23.7 Å². The number of hydrogen-bond donors (Lipinski definition) is 0. The zero-order valence-corrected chi connectivity index (χ0v) is 14.8. The van der Waals surface area contributed by atoms with Crippen molar-refractivity contribution in [3.63, 3.8) is 0 Å². The van der Waals surface area contributed by atoms with Gasteiger partial charge in [0.15, 0.2) is 5.65 Å². The molecule has 6 heteroatoms. The minimum Gasteiger partial charge on any atom is -0.300 e. The predicted octanol–water partition coefficient (Wildman–Crippen LogP) is 2.25. The van der Waals surface area contributed by atoms with Crippen molar-refractivity contribution in [3.05, 3.63) is 60.6 Å². The van der Waals surface area contributed by atoms with Crippen LogP contribution in [0.2, 0.25) is 0 Å². The average Bonchev–Trinajstić information content (AvgIpc) is 3.20. The fourth-order valence-corrected chi connectivity index (χ4v) is 4.05. The summed E-state index contributed by atoms with van der Waals surface area (Å²) in [6.45, 7) is 3.08. The summed E-state index contributed by atoms with van der Waals surface area (Å²) in [6.07, 6.45) is 12.6. The fourth-order valence-electron chi connectivity index (χ4n) is 4.05. The maximum Gasteiger partial charge on any atom is 0.155 e. The molecule has 4 heterocycles. The average molecular weight is 336 g/mol. The third-order valence-electron chi connectivity index (χ3n) is 5.17. The van der Waals surface area contributed by atoms with Crippen LogP contribution in [0.5, 0.6) is 0 Å². The van der Waals surface area contributed by atoms with E-state index in [0.717, 1.165) is 25.3 Å². The molecule has 1 aliphatic heterocycles. The van der Waals surface area contributed by atoms with Gasteiger partial charge < -0.3 is 4.90 Å². The quantitative estimate of drug-likeness (QED) is 0.715. The van der Waals surface area contributed by atoms with Crippen LogP contribution in [-0.4, -0.2) is 56.3 Å². The normalized spacial score (nSPS) is 21.4. The molecule has 0 aliphatic carbocycles. The number of pyridine rings is 1. The lowest BCUT2D eigenvalue weighted by Crippen LogP contribution is -2.30. The van der Waals surface area contributed by atoms with Gasteiger partial charge in [0.25, 0.3) is 0 Å². The zero-order valence-electron chi connectivity index (χ0n) is 14.8. The summed E-state index contributed by atoms with van der Waals surface area (Å²) >= 11 is 0. The Morgan fingerprint density at radius 3 is 2.92 bits per heavy atom. The van der Waals surface area contributed by atoms with Crippen LogP contribution in [0.25, 0.3) is 5.65 Å². The lowest BCUT2D eigenvalue weighted by molar-refractivity contribution is 0.212. The maximum absolute atomic E-state index is 4.44. The van der Waals surface area contributed by atoms with Gasteiger partial charge in [0.1, 0.15) is 0 Å². The summed E-state index contributed by atoms with van der Waals surface area (Å²) in [6, 6.07) is 4.68. The highest BCUT2D eigenvalue weighted by Gasteiger charge is 2.33. The van der Waals surface area contributed by atoms with Gasteiger partial charge in [-0.25, -0.2) is 4.98 Å². The van der Waals surface area contributed by atoms with E-state index in [9.17, 15) is 0 Å². The first kappa shape index (κ1) is 16.2. The third kappa shape index (κ3) is 3.27. The number of likely N-dealkylation sites (tertiary alicyclic amines) is 1. The molecule has 0 spiro atoms. The van der Waals surface area contributed by atoms with E-state index in [0.29, 0.717) is 12.0 Å². The Morgan fingerprint density at radius 2 is 2.08 bits per heavy atom. The first-order valence-corrected chi connectivity index (χ1v) is 8.77. The highest BCUT2D eigenvalue weighted by atomic mass is 15.2. The van der Waals surface area contributed by atoms with Gasteiger partial charge in [-0.3, -0.25) is 19.3 Å². The molecule has 0 radical (unpaired) electrons. The number of nitrogens with zero attached hydrogens (tertiary/aromatic N) is 6. The molecule has 3 aromatic heterocycles. The Morgan fingerprint density at radius 1 is 1.20 bits per heavy atom. The monoisotopic (exact) mass is 336 g/mol. The van der Waals surface area contributed by atoms with E-state index in [-0.39, 0.29) is 0 Å². The van der Waals surface area contributed by atoms with Crippen LogP contribution in [0.3, 0.4) is 0 Å². The maximum atomic E-state index is 4.44. The van der Waals surface area contributed by atoms with Crippen molar-refractivity contribution in [1.29, 1.82) is 0 Å². The van der Waals surface area contributed by atoms with Gasteiger partial charge in [0.05, 0.1) is 18.1 Å². The summed E-state index contributed by atoms with van der Waals surface area (Å²) in [5, 5.41) is 0. The van der Waals surface area contributed by atoms with E-state index >= 15 is 0 Å². The van der Waals surface area contributed by atoms with Crippen molar-refractivity contribution in [1.82, 2.24) is 29.2 Å². The fraction of sp³-hybridized carbons (Fsp3) is 0.421. The van der Waals surface area contributed by atoms with E-state index < -0.39 is 0 Å². The predicted molar refractivity (Wildman–Crippen MR) is 97.0 cm³/mol. The minimum absolute atomic E-state index is 0.447. The Kier molecular flexibility index (Phi) is 4.46. The number of rotatable bonds is 5. The molecular weight excluding hydrogens is 312 g/mol. The minimum atomic E-state index is 0.447. The van der Waals surface area contributed by atoms with E-state index in [1.165, 1.54) is 17.7 Å². The molecule has 0 N–H and O–H groups in total. The molecule has 0 amide bonds. The van der Waals surface area contributed by atoms with Crippen molar-refractivity contribution in [2.45, 2.75) is 19.0 Å². The lowest BCUT2D eigenvalue weighted by Gasteiger charge is -2.28. The van der Waals surface area contributed by atoms with Crippen molar-refractivity contribution in [2.75, 3.05) is 27.2 Å². The van der Waals surface area contributed by atoms with Gasteiger partial charge in [0, 0.05) is 43.9 Å². The largest absolute Gasteiger partial charge is 0.300 e. The molecule has 1 saturated heterocycles. The van der Waals surface area contributed by atoms with Crippen LogP contribution >= 0.6 is 0 Å². The van der Waals surface area contributed by atoms with Crippen molar-refractivity contribution < 1.29 is 0 Å². The second-order valence-corrected chi connectivity index (χ2v) is 7.01. The molecule has 2 atom stereocenters. The summed E-state index contributed by atoms with van der Waals surface area (Å²) in [7, 11) is 4.41. The van der Waals surface area contributed by atoms with Crippen molar-refractivity contribution in [2.24, 2.45) is 5.92 Å². The Bertz CT molecular complexity index is 830. The molecule has 1 fully saturated rings. The smallest absolute Gasteiger partial charge is 0.155 e. The first-order valence-electron chi connectivity index (χ1n) is 8.77. The molecule has 4 rings (SSSR count). The van der Waals surface area contributed by atoms with E-state index in [1.54, 1.807) is 6.20 Å². The molecule has 130 valence electrons. The highest BCUT2D eigenvalue weighted by molar-refractivity contribution is 5.36. The van der Waals surface area contributed by atoms with Gasteiger partial charge in [-0.05, 0) is 44.6 Å². The molecule has 0 bridgehead atoms. The van der Waals surface area contributed by atoms with Crippen LogP contribution in [0, 0.1) is 5.92 Å². The van der Waals surface area contributed by atoms with Gasteiger partial charge in [-0.2, -0.15) is 0 Å². The molecule has 25 heavy (non-hydrogen) atoms. The SMILES string of the molecule is CN(Cc1cnc2cnccn12)C[C@@H]1CCN(C)[C@H]1c1cccnc1. The van der Waals surface area contributed by atoms with Crippen LogP contribution in [0.4, 0.5) is 0 Å². The topological polar surface area (TPSA) is 49.6 Å². The first-order chi connectivity index (χ1) is 12.2. The standard InChI is InChI=1S/C19H24N6/c1-23(14-17-11-22-18-12-21-7-9-25(17)18)13-16-5-8-24(2)19(16)15-4-3-6-20-10-15/h3-4,6-7,9-12,16,19H,5,8,13-14H2,1-2H3/t16-,19-/m0/s1. The molecular formula is C19H24N6. The Balaban J connectivity index is 1.47. The molecule has 6 nitrogen and oxygen atoms in total. The lowest BCUT2D eigenvalue weighted by atomic mass is 9.94. The van der Waals surface area contributed by atoms with Crippen LogP contribution < -0.4 is 0 Å². The number of fused-ring (bicyclic) bond motifs is 1. The van der Waals surface area contributed by atoms with Gasteiger partial charge in [0.2, 0.25) is 0 Å². The Hall–Kier alpha value is -2.31. The second kappa shape index (κ2) is 6.90. The molecule has 1 aliphatic rings. The summed E-state index contributed by atoms with van der Waals surface area (Å²) in [5.41, 5.74) is 3.42.